The van der Waals surface area contributed by atoms with E-state index in [1.165, 1.54) is 4.79 Å². The summed E-state index contributed by atoms with van der Waals surface area (Å²) in [5.41, 5.74) is 0.824. The first-order chi connectivity index (χ1) is 3.84. The summed E-state index contributed by atoms with van der Waals surface area (Å²) < 4.78 is 0. The van der Waals surface area contributed by atoms with Crippen molar-refractivity contribution in [2.45, 2.75) is 0 Å². The maximum absolute atomic E-state index is 5.29. The number of nitrogens with two attached hydrogens (primary N) is 1. The average molecular weight is 109 g/mol. The van der Waals surface area contributed by atoms with E-state index in [-0.39, 0.29) is 0 Å². The van der Waals surface area contributed by atoms with Crippen LogP contribution in [0.1, 0.15) is 5.69 Å². The van der Waals surface area contributed by atoms with Gasteiger partial charge in [-0.1, -0.05) is 6.58 Å². The van der Waals surface area contributed by atoms with Crippen LogP contribution in [-0.2, 0) is 0 Å². The maximum atomic E-state index is 5.29. The maximum Gasteiger partial charge on any atom is 0.0837 e. The summed E-state index contributed by atoms with van der Waals surface area (Å²) >= 11 is 0. The van der Waals surface area contributed by atoms with Gasteiger partial charge in [0.25, 0.3) is 0 Å². The molecule has 1 aromatic rings. The van der Waals surface area contributed by atoms with Gasteiger partial charge in [-0.05, 0) is 12.1 Å². The monoisotopic (exact) mass is 109 g/mol. The third-order valence-electron chi connectivity index (χ3n) is 0.910. The van der Waals surface area contributed by atoms with Gasteiger partial charge >= 0.3 is 0 Å². The van der Waals surface area contributed by atoms with Crippen LogP contribution in [0.4, 0.5) is 0 Å². The van der Waals surface area contributed by atoms with Crippen LogP contribution in [0.15, 0.2) is 18.8 Å². The Hall–Kier alpha value is -1.25. The Morgan fingerprint density at radius 3 is 2.88 bits per heavy atom. The molecule has 0 bridgehead atoms. The summed E-state index contributed by atoms with van der Waals surface area (Å²) in [6.07, 6.45) is 3.27. The molecule has 0 aromatic carbocycles. The van der Waals surface area contributed by atoms with Crippen molar-refractivity contribution >= 4 is 6.08 Å². The van der Waals surface area contributed by atoms with Crippen molar-refractivity contribution in [3.05, 3.63) is 24.5 Å². The molecule has 3 heteroatoms. The third kappa shape index (κ3) is 0.578. The highest BCUT2D eigenvalue weighted by Crippen LogP contribution is 1.93. The van der Waals surface area contributed by atoms with Crippen LogP contribution < -0.4 is 5.84 Å². The first-order valence-electron chi connectivity index (χ1n) is 2.26. The number of hydrogen-bond donors (Lipinski definition) is 1. The lowest BCUT2D eigenvalue weighted by Gasteiger charge is -1.89. The normalized spacial score (nSPS) is 9.00. The smallest absolute Gasteiger partial charge is 0.0837 e. The molecule has 2 N–H and O–H groups in total. The Morgan fingerprint density at radius 2 is 2.62 bits per heavy atom. The number of rotatable bonds is 1. The summed E-state index contributed by atoms with van der Waals surface area (Å²) in [6.45, 7) is 3.52. The molecule has 0 aliphatic carbocycles. The van der Waals surface area contributed by atoms with Crippen molar-refractivity contribution in [2.24, 2.45) is 0 Å². The van der Waals surface area contributed by atoms with Gasteiger partial charge in [-0.25, -0.2) is 0 Å². The van der Waals surface area contributed by atoms with E-state index >= 15 is 0 Å². The molecule has 3 nitrogen and oxygen atoms in total. The summed E-state index contributed by atoms with van der Waals surface area (Å²) in [5, 5.41) is 3.71. The molecule has 42 valence electrons. The van der Waals surface area contributed by atoms with Gasteiger partial charge in [-0.3, -0.25) is 0 Å². The van der Waals surface area contributed by atoms with Crippen molar-refractivity contribution in [1.82, 2.24) is 9.89 Å². The standard InChI is InChI=1S/C5H7N3/c1-2-5-3-4-7-8(5)6/h2-4H,1,6H2. The lowest BCUT2D eigenvalue weighted by atomic mass is 10.4. The van der Waals surface area contributed by atoms with Crippen LogP contribution in [0, 0.1) is 0 Å². The van der Waals surface area contributed by atoms with Crippen molar-refractivity contribution in [1.29, 1.82) is 0 Å². The minimum absolute atomic E-state index is 0.824. The highest BCUT2D eigenvalue weighted by Gasteiger charge is 1.87. The van der Waals surface area contributed by atoms with Crippen LogP contribution in [0.2, 0.25) is 0 Å². The van der Waals surface area contributed by atoms with Crippen molar-refractivity contribution in [3.8, 4) is 0 Å². The van der Waals surface area contributed by atoms with E-state index in [0.717, 1.165) is 5.69 Å². The molecule has 1 rings (SSSR count). The van der Waals surface area contributed by atoms with Gasteiger partial charge in [0.15, 0.2) is 0 Å². The molecule has 8 heavy (non-hydrogen) atoms. The molecule has 1 aromatic heterocycles. The average Bonchev–Trinajstić information content (AvgIpc) is 2.14. The van der Waals surface area contributed by atoms with Crippen LogP contribution in [0.5, 0.6) is 0 Å². The van der Waals surface area contributed by atoms with Gasteiger partial charge in [0.2, 0.25) is 0 Å². The fourth-order valence-electron chi connectivity index (χ4n) is 0.486. The molecule has 0 aliphatic heterocycles. The molecule has 0 atom stereocenters. The topological polar surface area (TPSA) is 43.8 Å². The predicted octanol–water partition coefficient (Wildman–Crippen LogP) is 0.240. The second-order valence-corrected chi connectivity index (χ2v) is 1.40. The molecule has 0 spiro atoms. The Balaban J connectivity index is 3.09. The molecule has 0 saturated carbocycles. The molecule has 0 unspecified atom stereocenters. The van der Waals surface area contributed by atoms with E-state index in [1.54, 1.807) is 18.3 Å². The van der Waals surface area contributed by atoms with Crippen molar-refractivity contribution in [3.63, 3.8) is 0 Å². The summed E-state index contributed by atoms with van der Waals surface area (Å²) in [4.78, 5) is 1.27. The minimum atomic E-state index is 0.824. The Morgan fingerprint density at radius 1 is 1.88 bits per heavy atom. The van der Waals surface area contributed by atoms with Gasteiger partial charge in [-0.15, -0.1) is 0 Å². The van der Waals surface area contributed by atoms with Crippen LogP contribution in [-0.4, -0.2) is 9.89 Å². The zero-order chi connectivity index (χ0) is 5.98. The molecular formula is C5H7N3. The lowest BCUT2D eigenvalue weighted by Crippen LogP contribution is -2.10. The lowest BCUT2D eigenvalue weighted by molar-refractivity contribution is 0.823. The SMILES string of the molecule is C=Cc1ccnn1N. The molecule has 1 heterocycles. The second kappa shape index (κ2) is 1.69. The van der Waals surface area contributed by atoms with E-state index in [4.69, 9.17) is 5.84 Å². The van der Waals surface area contributed by atoms with Crippen molar-refractivity contribution in [2.75, 3.05) is 5.84 Å². The van der Waals surface area contributed by atoms with Gasteiger partial charge < -0.3 is 5.84 Å². The number of hydrogen-bond acceptors (Lipinski definition) is 2. The Kier molecular flexibility index (Phi) is 1.04. The number of nitrogens with zero attached hydrogens (tertiary/aromatic N) is 2. The zero-order valence-corrected chi connectivity index (χ0v) is 4.41. The van der Waals surface area contributed by atoms with Crippen LogP contribution in [0.3, 0.4) is 0 Å². The minimum Gasteiger partial charge on any atom is -0.323 e. The van der Waals surface area contributed by atoms with Crippen molar-refractivity contribution < 1.29 is 0 Å². The zero-order valence-electron chi connectivity index (χ0n) is 4.41. The summed E-state index contributed by atoms with van der Waals surface area (Å²) in [7, 11) is 0. The van der Waals surface area contributed by atoms with Crippen LogP contribution >= 0.6 is 0 Å². The summed E-state index contributed by atoms with van der Waals surface area (Å²) in [6, 6.07) is 1.78. The molecule has 0 aliphatic rings. The molecule has 0 fully saturated rings. The van der Waals surface area contributed by atoms with Gasteiger partial charge in [-0.2, -0.15) is 9.89 Å². The van der Waals surface area contributed by atoms with Gasteiger partial charge in [0, 0.05) is 0 Å². The highest BCUT2D eigenvalue weighted by molar-refractivity contribution is 5.40. The quantitative estimate of drug-likeness (QED) is 0.525. The Bertz CT molecular complexity index is 189. The van der Waals surface area contributed by atoms with Gasteiger partial charge in [0.05, 0.1) is 11.9 Å². The fourth-order valence-corrected chi connectivity index (χ4v) is 0.486. The first kappa shape index (κ1) is 4.90. The van der Waals surface area contributed by atoms with E-state index in [9.17, 15) is 0 Å². The van der Waals surface area contributed by atoms with E-state index in [0.29, 0.717) is 0 Å². The molecule has 0 saturated heterocycles. The van der Waals surface area contributed by atoms with Crippen LogP contribution in [0.25, 0.3) is 6.08 Å². The third-order valence-corrected chi connectivity index (χ3v) is 0.910. The van der Waals surface area contributed by atoms with E-state index in [2.05, 4.69) is 11.7 Å². The summed E-state index contributed by atoms with van der Waals surface area (Å²) in [5.74, 6) is 5.29. The number of nitrogen functional groups attached to an aromatic ring is 1. The molecular weight excluding hydrogens is 102 g/mol. The van der Waals surface area contributed by atoms with E-state index < -0.39 is 0 Å². The van der Waals surface area contributed by atoms with Gasteiger partial charge in [0.1, 0.15) is 0 Å². The Labute approximate surface area is 47.4 Å². The fraction of sp³-hybridized carbons (Fsp3) is 0. The first-order valence-corrected chi connectivity index (χ1v) is 2.26. The number of aromatic nitrogens is 2. The molecule has 0 radical (unpaired) electrons. The van der Waals surface area contributed by atoms with E-state index in [1.807, 2.05) is 0 Å². The predicted molar refractivity (Wildman–Crippen MR) is 32.5 cm³/mol. The largest absolute Gasteiger partial charge is 0.323 e. The molecule has 0 amide bonds. The highest BCUT2D eigenvalue weighted by atomic mass is 15.5. The second-order valence-electron chi connectivity index (χ2n) is 1.40.